The third-order valence-corrected chi connectivity index (χ3v) is 3.56. The maximum absolute atomic E-state index is 5.85. The molecular weight excluding hydrogens is 275 g/mol. The highest BCUT2D eigenvalue weighted by Gasteiger charge is 2.29. The maximum Gasteiger partial charge on any atom is 0.0753 e. The highest BCUT2D eigenvalue weighted by molar-refractivity contribution is 5.85. The Morgan fingerprint density at radius 1 is 1.17 bits per heavy atom. The first-order valence-corrected chi connectivity index (χ1v) is 6.46. The lowest BCUT2D eigenvalue weighted by atomic mass is 10.1. The quantitative estimate of drug-likeness (QED) is 0.750. The van der Waals surface area contributed by atoms with Crippen molar-refractivity contribution in [2.75, 3.05) is 46.5 Å². The standard InChI is InChI=1S/C12H24N2O2.2ClH/c1-15-8-9-16-12-4-5-13-11(12)10-14-6-2-3-7-14;;/h11-13H,2-10H2,1H3;2*1H/t11-,12+;;/m0../s1. The van der Waals surface area contributed by atoms with Gasteiger partial charge in [0.15, 0.2) is 0 Å². The van der Waals surface area contributed by atoms with Gasteiger partial charge in [-0.3, -0.25) is 0 Å². The summed E-state index contributed by atoms with van der Waals surface area (Å²) in [6.45, 7) is 6.20. The summed E-state index contributed by atoms with van der Waals surface area (Å²) in [5, 5.41) is 3.55. The number of halogens is 2. The van der Waals surface area contributed by atoms with Crippen LogP contribution in [0.2, 0.25) is 0 Å². The van der Waals surface area contributed by atoms with Crippen molar-refractivity contribution in [1.29, 1.82) is 0 Å². The van der Waals surface area contributed by atoms with Crippen molar-refractivity contribution < 1.29 is 9.47 Å². The second-order valence-electron chi connectivity index (χ2n) is 4.76. The lowest BCUT2D eigenvalue weighted by Crippen LogP contribution is -2.42. The highest BCUT2D eigenvalue weighted by atomic mass is 35.5. The van der Waals surface area contributed by atoms with E-state index in [9.17, 15) is 0 Å². The molecule has 0 aromatic carbocycles. The SMILES string of the molecule is COCCO[C@@H]1CCN[C@H]1CN1CCCC1.Cl.Cl. The second-order valence-corrected chi connectivity index (χ2v) is 4.76. The topological polar surface area (TPSA) is 33.7 Å². The molecule has 0 aromatic rings. The number of nitrogens with one attached hydrogen (secondary N) is 1. The number of hydrogen-bond acceptors (Lipinski definition) is 4. The van der Waals surface area contributed by atoms with Gasteiger partial charge in [0.05, 0.1) is 19.3 Å². The van der Waals surface area contributed by atoms with Gasteiger partial charge in [-0.05, 0) is 38.9 Å². The van der Waals surface area contributed by atoms with Crippen molar-refractivity contribution >= 4 is 24.8 Å². The number of nitrogens with zero attached hydrogens (tertiary/aromatic N) is 1. The van der Waals surface area contributed by atoms with Crippen molar-refractivity contribution in [3.63, 3.8) is 0 Å². The monoisotopic (exact) mass is 300 g/mol. The van der Waals surface area contributed by atoms with Crippen LogP contribution in [0.25, 0.3) is 0 Å². The number of hydrogen-bond donors (Lipinski definition) is 1. The van der Waals surface area contributed by atoms with Gasteiger partial charge < -0.3 is 19.7 Å². The minimum absolute atomic E-state index is 0. The van der Waals surface area contributed by atoms with Crippen LogP contribution in [0, 0.1) is 0 Å². The zero-order valence-corrected chi connectivity index (χ0v) is 12.7. The summed E-state index contributed by atoms with van der Waals surface area (Å²) >= 11 is 0. The summed E-state index contributed by atoms with van der Waals surface area (Å²) in [7, 11) is 1.72. The molecule has 0 bridgehead atoms. The van der Waals surface area contributed by atoms with E-state index in [1.54, 1.807) is 7.11 Å². The van der Waals surface area contributed by atoms with Crippen molar-refractivity contribution in [3.8, 4) is 0 Å². The van der Waals surface area contributed by atoms with Crippen LogP contribution in [-0.4, -0.2) is 63.5 Å². The molecule has 2 fully saturated rings. The van der Waals surface area contributed by atoms with Gasteiger partial charge in [-0.15, -0.1) is 24.8 Å². The van der Waals surface area contributed by atoms with E-state index in [2.05, 4.69) is 10.2 Å². The Labute approximate surface area is 123 Å². The molecule has 0 spiro atoms. The summed E-state index contributed by atoms with van der Waals surface area (Å²) in [5.74, 6) is 0. The number of rotatable bonds is 6. The van der Waals surface area contributed by atoms with E-state index in [0.29, 0.717) is 18.8 Å². The summed E-state index contributed by atoms with van der Waals surface area (Å²) in [5.41, 5.74) is 0. The van der Waals surface area contributed by atoms with Crippen LogP contribution in [0.5, 0.6) is 0 Å². The molecule has 0 radical (unpaired) electrons. The number of methoxy groups -OCH3 is 1. The van der Waals surface area contributed by atoms with E-state index < -0.39 is 0 Å². The third kappa shape index (κ3) is 5.59. The molecule has 1 N–H and O–H groups in total. The minimum Gasteiger partial charge on any atom is -0.382 e. The summed E-state index contributed by atoms with van der Waals surface area (Å²) in [4.78, 5) is 2.55. The molecule has 0 saturated carbocycles. The summed E-state index contributed by atoms with van der Waals surface area (Å²) in [6.07, 6.45) is 4.25. The lowest BCUT2D eigenvalue weighted by molar-refractivity contribution is 0.00725. The Hall–Kier alpha value is 0.420. The van der Waals surface area contributed by atoms with E-state index in [0.717, 1.165) is 26.1 Å². The maximum atomic E-state index is 5.85. The first kappa shape index (κ1) is 18.4. The predicted molar refractivity (Wildman–Crippen MR) is 78.2 cm³/mol. The largest absolute Gasteiger partial charge is 0.382 e. The number of likely N-dealkylation sites (tertiary alicyclic amines) is 1. The molecule has 110 valence electrons. The Bertz CT molecular complexity index is 205. The first-order chi connectivity index (χ1) is 7.90. The first-order valence-electron chi connectivity index (χ1n) is 6.46. The lowest BCUT2D eigenvalue weighted by Gasteiger charge is -2.25. The van der Waals surface area contributed by atoms with Crippen LogP contribution in [0.15, 0.2) is 0 Å². The number of ether oxygens (including phenoxy) is 2. The van der Waals surface area contributed by atoms with E-state index in [1.165, 1.54) is 25.9 Å². The molecule has 2 aliphatic heterocycles. The molecular formula is C12H26Cl2N2O2. The fraction of sp³-hybridized carbons (Fsp3) is 1.00. The molecule has 0 amide bonds. The molecule has 0 aliphatic carbocycles. The van der Waals surface area contributed by atoms with Crippen LogP contribution in [0.1, 0.15) is 19.3 Å². The smallest absolute Gasteiger partial charge is 0.0753 e. The molecule has 2 saturated heterocycles. The van der Waals surface area contributed by atoms with E-state index in [1.807, 2.05) is 0 Å². The Balaban J connectivity index is 0.00000144. The average Bonchev–Trinajstić information content (AvgIpc) is 2.92. The van der Waals surface area contributed by atoms with E-state index in [4.69, 9.17) is 9.47 Å². The van der Waals surface area contributed by atoms with Gasteiger partial charge in [0.2, 0.25) is 0 Å². The molecule has 6 heteroatoms. The van der Waals surface area contributed by atoms with Crippen LogP contribution in [0.3, 0.4) is 0 Å². The third-order valence-electron chi connectivity index (χ3n) is 3.56. The second kappa shape index (κ2) is 10.2. The van der Waals surface area contributed by atoms with Gasteiger partial charge in [0, 0.05) is 19.7 Å². The van der Waals surface area contributed by atoms with Crippen molar-refractivity contribution in [2.45, 2.75) is 31.4 Å². The molecule has 2 heterocycles. The Morgan fingerprint density at radius 3 is 2.56 bits per heavy atom. The van der Waals surface area contributed by atoms with Gasteiger partial charge >= 0.3 is 0 Å². The molecule has 4 nitrogen and oxygen atoms in total. The zero-order chi connectivity index (χ0) is 11.2. The van der Waals surface area contributed by atoms with Crippen LogP contribution in [-0.2, 0) is 9.47 Å². The fourth-order valence-electron chi connectivity index (χ4n) is 2.65. The van der Waals surface area contributed by atoms with Crippen LogP contribution < -0.4 is 5.32 Å². The molecule has 0 unspecified atom stereocenters. The average molecular weight is 301 g/mol. The van der Waals surface area contributed by atoms with Crippen molar-refractivity contribution in [2.24, 2.45) is 0 Å². The minimum atomic E-state index is 0. The van der Waals surface area contributed by atoms with Crippen LogP contribution in [0.4, 0.5) is 0 Å². The van der Waals surface area contributed by atoms with Crippen LogP contribution >= 0.6 is 24.8 Å². The van der Waals surface area contributed by atoms with Gasteiger partial charge in [-0.25, -0.2) is 0 Å². The summed E-state index contributed by atoms with van der Waals surface area (Å²) < 4.78 is 10.9. The van der Waals surface area contributed by atoms with Gasteiger partial charge in [0.25, 0.3) is 0 Å². The normalized spacial score (nSPS) is 27.8. The van der Waals surface area contributed by atoms with Crippen molar-refractivity contribution in [1.82, 2.24) is 10.2 Å². The Morgan fingerprint density at radius 2 is 1.89 bits per heavy atom. The summed E-state index contributed by atoms with van der Waals surface area (Å²) in [6, 6.07) is 0.523. The molecule has 2 rings (SSSR count). The van der Waals surface area contributed by atoms with Gasteiger partial charge in [-0.1, -0.05) is 0 Å². The van der Waals surface area contributed by atoms with Crippen molar-refractivity contribution in [3.05, 3.63) is 0 Å². The Kier molecular flexibility index (Phi) is 10.5. The zero-order valence-electron chi connectivity index (χ0n) is 11.1. The highest BCUT2D eigenvalue weighted by Crippen LogP contribution is 2.15. The van der Waals surface area contributed by atoms with E-state index in [-0.39, 0.29) is 24.8 Å². The molecule has 2 aliphatic rings. The fourth-order valence-corrected chi connectivity index (χ4v) is 2.65. The van der Waals surface area contributed by atoms with Gasteiger partial charge in [-0.2, -0.15) is 0 Å². The van der Waals surface area contributed by atoms with Gasteiger partial charge in [0.1, 0.15) is 0 Å². The van der Waals surface area contributed by atoms with E-state index >= 15 is 0 Å². The predicted octanol–water partition coefficient (Wildman–Crippen LogP) is 1.32. The molecule has 2 atom stereocenters. The molecule has 18 heavy (non-hydrogen) atoms. The molecule has 0 aromatic heterocycles.